The Bertz CT molecular complexity index is 303. The van der Waals surface area contributed by atoms with Gasteiger partial charge in [-0.2, -0.15) is 0 Å². The van der Waals surface area contributed by atoms with Crippen LogP contribution in [0.1, 0.15) is 37.8 Å². The molecule has 2 rings (SSSR count). The Kier molecular flexibility index (Phi) is 2.82. The van der Waals surface area contributed by atoms with Crippen LogP contribution in [0.4, 0.5) is 0 Å². The summed E-state index contributed by atoms with van der Waals surface area (Å²) in [6.45, 7) is 3.13. The number of fused-ring (bicyclic) bond motifs is 1. The van der Waals surface area contributed by atoms with Crippen molar-refractivity contribution in [1.82, 2.24) is 14.8 Å². The van der Waals surface area contributed by atoms with Crippen molar-refractivity contribution in [1.29, 1.82) is 0 Å². The maximum Gasteiger partial charge on any atom is 0.133 e. The van der Waals surface area contributed by atoms with Gasteiger partial charge >= 0.3 is 0 Å². The van der Waals surface area contributed by atoms with E-state index in [1.54, 1.807) is 0 Å². The van der Waals surface area contributed by atoms with Crippen molar-refractivity contribution in [3.05, 3.63) is 11.6 Å². The Hall–Kier alpha value is -0.900. The number of aromatic nitrogens is 3. The van der Waals surface area contributed by atoms with Gasteiger partial charge in [-0.15, -0.1) is 10.2 Å². The molecule has 0 saturated carbocycles. The van der Waals surface area contributed by atoms with E-state index in [1.165, 1.54) is 12.8 Å². The zero-order chi connectivity index (χ0) is 9.97. The van der Waals surface area contributed by atoms with Gasteiger partial charge < -0.3 is 10.3 Å². The predicted octanol–water partition coefficient (Wildman–Crippen LogP) is 0.894. The van der Waals surface area contributed by atoms with E-state index in [1.807, 2.05) is 6.92 Å². The second-order valence-electron chi connectivity index (χ2n) is 4.16. The van der Waals surface area contributed by atoms with Gasteiger partial charge in [-0.05, 0) is 26.2 Å². The van der Waals surface area contributed by atoms with E-state index in [4.69, 9.17) is 5.73 Å². The summed E-state index contributed by atoms with van der Waals surface area (Å²) < 4.78 is 2.27. The van der Waals surface area contributed by atoms with E-state index in [0.29, 0.717) is 0 Å². The van der Waals surface area contributed by atoms with Gasteiger partial charge in [0.15, 0.2) is 0 Å². The van der Waals surface area contributed by atoms with Crippen LogP contribution in [0.3, 0.4) is 0 Å². The standard InChI is InChI=1S/C10H18N4/c1-8(11)5-6-10-13-12-9-4-2-3-7-14(9)10/h8H,2-7,11H2,1H3. The van der Waals surface area contributed by atoms with Crippen LogP contribution in [0.15, 0.2) is 0 Å². The van der Waals surface area contributed by atoms with Gasteiger partial charge in [-0.3, -0.25) is 0 Å². The summed E-state index contributed by atoms with van der Waals surface area (Å²) >= 11 is 0. The van der Waals surface area contributed by atoms with Crippen molar-refractivity contribution < 1.29 is 0 Å². The fourth-order valence-electron chi connectivity index (χ4n) is 1.91. The van der Waals surface area contributed by atoms with Crippen LogP contribution in [0, 0.1) is 0 Å². The van der Waals surface area contributed by atoms with E-state index in [2.05, 4.69) is 14.8 Å². The van der Waals surface area contributed by atoms with Crippen molar-refractivity contribution >= 4 is 0 Å². The normalized spacial score (nSPS) is 17.9. The molecule has 2 N–H and O–H groups in total. The van der Waals surface area contributed by atoms with Crippen LogP contribution >= 0.6 is 0 Å². The molecule has 0 fully saturated rings. The van der Waals surface area contributed by atoms with Gasteiger partial charge in [-0.25, -0.2) is 0 Å². The topological polar surface area (TPSA) is 56.7 Å². The monoisotopic (exact) mass is 194 g/mol. The van der Waals surface area contributed by atoms with Gasteiger partial charge in [0, 0.05) is 25.4 Å². The maximum atomic E-state index is 5.73. The molecule has 0 saturated heterocycles. The number of aryl methyl sites for hydroxylation is 2. The Morgan fingerprint density at radius 1 is 1.43 bits per heavy atom. The van der Waals surface area contributed by atoms with Gasteiger partial charge in [-0.1, -0.05) is 0 Å². The maximum absolute atomic E-state index is 5.73. The van der Waals surface area contributed by atoms with Gasteiger partial charge in [0.05, 0.1) is 0 Å². The summed E-state index contributed by atoms with van der Waals surface area (Å²) in [5.74, 6) is 2.29. The lowest BCUT2D eigenvalue weighted by atomic mass is 10.1. The average molecular weight is 194 g/mol. The number of rotatable bonds is 3. The average Bonchev–Trinajstić information content (AvgIpc) is 2.58. The van der Waals surface area contributed by atoms with Crippen LogP contribution in [0.5, 0.6) is 0 Å². The van der Waals surface area contributed by atoms with E-state index in [0.717, 1.165) is 37.5 Å². The first-order valence-electron chi connectivity index (χ1n) is 5.44. The molecule has 0 bridgehead atoms. The second-order valence-corrected chi connectivity index (χ2v) is 4.16. The SMILES string of the molecule is CC(N)CCc1nnc2n1CCCC2. The zero-order valence-corrected chi connectivity index (χ0v) is 8.74. The van der Waals surface area contributed by atoms with E-state index in [-0.39, 0.29) is 6.04 Å². The Morgan fingerprint density at radius 3 is 3.07 bits per heavy atom. The molecule has 2 heterocycles. The lowest BCUT2D eigenvalue weighted by molar-refractivity contribution is 0.500. The van der Waals surface area contributed by atoms with Crippen LogP contribution in [-0.4, -0.2) is 20.8 Å². The van der Waals surface area contributed by atoms with Crippen molar-refractivity contribution in [2.45, 2.75) is 51.6 Å². The van der Waals surface area contributed by atoms with Gasteiger partial charge in [0.2, 0.25) is 0 Å². The van der Waals surface area contributed by atoms with E-state index >= 15 is 0 Å². The number of hydrogen-bond donors (Lipinski definition) is 1. The third-order valence-corrected chi connectivity index (χ3v) is 2.76. The molecular formula is C10H18N4. The predicted molar refractivity (Wildman–Crippen MR) is 54.9 cm³/mol. The van der Waals surface area contributed by atoms with E-state index in [9.17, 15) is 0 Å². The van der Waals surface area contributed by atoms with Crippen molar-refractivity contribution in [3.63, 3.8) is 0 Å². The number of nitrogens with zero attached hydrogens (tertiary/aromatic N) is 3. The summed E-state index contributed by atoms with van der Waals surface area (Å²) in [5.41, 5.74) is 5.73. The van der Waals surface area contributed by atoms with Crippen molar-refractivity contribution in [2.75, 3.05) is 0 Å². The summed E-state index contributed by atoms with van der Waals surface area (Å²) in [5, 5.41) is 8.43. The lowest BCUT2D eigenvalue weighted by Crippen LogP contribution is -2.18. The molecule has 78 valence electrons. The minimum Gasteiger partial charge on any atom is -0.328 e. The summed E-state index contributed by atoms with van der Waals surface area (Å²) in [6, 6.07) is 0.256. The lowest BCUT2D eigenvalue weighted by Gasteiger charge is -2.14. The van der Waals surface area contributed by atoms with Gasteiger partial charge in [0.1, 0.15) is 11.6 Å². The molecule has 1 aromatic heterocycles. The van der Waals surface area contributed by atoms with Crippen LogP contribution in [0.25, 0.3) is 0 Å². The Labute approximate surface area is 84.5 Å². The Morgan fingerprint density at radius 2 is 2.29 bits per heavy atom. The highest BCUT2D eigenvalue weighted by molar-refractivity contribution is 4.99. The molecule has 1 unspecified atom stereocenters. The molecule has 0 aromatic carbocycles. The highest BCUT2D eigenvalue weighted by atomic mass is 15.3. The third kappa shape index (κ3) is 1.95. The molecule has 0 aliphatic carbocycles. The smallest absolute Gasteiger partial charge is 0.133 e. The zero-order valence-electron chi connectivity index (χ0n) is 8.74. The quantitative estimate of drug-likeness (QED) is 0.777. The highest BCUT2D eigenvalue weighted by Crippen LogP contribution is 2.15. The van der Waals surface area contributed by atoms with Gasteiger partial charge in [0.25, 0.3) is 0 Å². The molecule has 1 aromatic rings. The van der Waals surface area contributed by atoms with Crippen molar-refractivity contribution in [3.8, 4) is 0 Å². The number of nitrogens with two attached hydrogens (primary N) is 1. The molecule has 1 aliphatic heterocycles. The summed E-state index contributed by atoms with van der Waals surface area (Å²) in [7, 11) is 0. The first kappa shape index (κ1) is 9.65. The third-order valence-electron chi connectivity index (χ3n) is 2.76. The molecule has 0 radical (unpaired) electrons. The molecule has 1 atom stereocenters. The minimum atomic E-state index is 0.256. The van der Waals surface area contributed by atoms with Crippen LogP contribution in [0.2, 0.25) is 0 Å². The second kappa shape index (κ2) is 4.09. The highest BCUT2D eigenvalue weighted by Gasteiger charge is 2.15. The summed E-state index contributed by atoms with van der Waals surface area (Å²) in [6.07, 6.45) is 5.57. The van der Waals surface area contributed by atoms with Crippen LogP contribution < -0.4 is 5.73 Å². The fourth-order valence-corrected chi connectivity index (χ4v) is 1.91. The molecule has 4 nitrogen and oxygen atoms in total. The number of hydrogen-bond acceptors (Lipinski definition) is 3. The molecule has 1 aliphatic rings. The molecule has 14 heavy (non-hydrogen) atoms. The van der Waals surface area contributed by atoms with E-state index < -0.39 is 0 Å². The largest absolute Gasteiger partial charge is 0.328 e. The molecule has 4 heteroatoms. The molecule has 0 spiro atoms. The first-order valence-corrected chi connectivity index (χ1v) is 5.44. The first-order chi connectivity index (χ1) is 6.77. The Balaban J connectivity index is 2.06. The van der Waals surface area contributed by atoms with Crippen molar-refractivity contribution in [2.24, 2.45) is 5.73 Å². The molecule has 0 amide bonds. The molecular weight excluding hydrogens is 176 g/mol. The summed E-state index contributed by atoms with van der Waals surface area (Å²) in [4.78, 5) is 0. The fraction of sp³-hybridized carbons (Fsp3) is 0.800. The minimum absolute atomic E-state index is 0.256. The van der Waals surface area contributed by atoms with Crippen LogP contribution in [-0.2, 0) is 19.4 Å².